The van der Waals surface area contributed by atoms with Gasteiger partial charge in [0.1, 0.15) is 11.5 Å². The van der Waals surface area contributed by atoms with Gasteiger partial charge in [-0.25, -0.2) is 0 Å². The third-order valence-electron chi connectivity index (χ3n) is 5.46. The van der Waals surface area contributed by atoms with Gasteiger partial charge in [0.25, 0.3) is 5.56 Å². The van der Waals surface area contributed by atoms with Crippen molar-refractivity contribution in [2.45, 2.75) is 44.1 Å². The molecule has 0 aromatic carbocycles. The van der Waals surface area contributed by atoms with Crippen molar-refractivity contribution in [1.29, 1.82) is 0 Å². The molecule has 5 rings (SSSR count). The Morgan fingerprint density at radius 1 is 1.06 bits per heavy atom. The average molecular weight is 248 g/mol. The van der Waals surface area contributed by atoms with E-state index in [1.807, 2.05) is 4.68 Å². The van der Waals surface area contributed by atoms with Gasteiger partial charge in [0.15, 0.2) is 0 Å². The molecular formula is C13H20N4O. The van der Waals surface area contributed by atoms with Crippen molar-refractivity contribution in [1.82, 2.24) is 9.78 Å². The summed E-state index contributed by atoms with van der Waals surface area (Å²) in [6.07, 6.45) is 7.61. The lowest BCUT2D eigenvalue weighted by Gasteiger charge is -2.57. The van der Waals surface area contributed by atoms with Crippen molar-refractivity contribution < 1.29 is 0 Å². The Bertz CT molecular complexity index is 521. The van der Waals surface area contributed by atoms with E-state index >= 15 is 0 Å². The summed E-state index contributed by atoms with van der Waals surface area (Å²) < 4.78 is 1.91. The van der Waals surface area contributed by atoms with Gasteiger partial charge in [0, 0.05) is 0 Å². The van der Waals surface area contributed by atoms with Crippen LogP contribution in [0.3, 0.4) is 0 Å². The first kappa shape index (κ1) is 10.5. The Labute approximate surface area is 106 Å². The number of nitrogen functional groups attached to an aromatic ring is 2. The first-order chi connectivity index (χ1) is 8.57. The molecular weight excluding hydrogens is 228 g/mol. The Morgan fingerprint density at radius 3 is 1.94 bits per heavy atom. The van der Waals surface area contributed by atoms with E-state index in [2.05, 4.69) is 5.10 Å². The first-order valence-electron chi connectivity index (χ1n) is 6.94. The molecule has 4 saturated carbocycles. The van der Waals surface area contributed by atoms with Gasteiger partial charge < -0.3 is 11.5 Å². The molecule has 0 saturated heterocycles. The Balaban J connectivity index is 1.84. The van der Waals surface area contributed by atoms with Crippen LogP contribution >= 0.6 is 0 Å². The lowest BCUT2D eigenvalue weighted by molar-refractivity contribution is -0.0483. The zero-order chi connectivity index (χ0) is 12.5. The maximum Gasteiger partial charge on any atom is 0.289 e. The van der Waals surface area contributed by atoms with Crippen LogP contribution in [-0.2, 0) is 5.54 Å². The number of aromatic amines is 1. The molecule has 0 amide bonds. The number of aromatic nitrogens is 2. The van der Waals surface area contributed by atoms with Crippen LogP contribution in [0.4, 0.5) is 11.5 Å². The molecule has 1 aromatic rings. The molecule has 1 aromatic heterocycles. The second-order valence-electron chi connectivity index (χ2n) is 6.72. The van der Waals surface area contributed by atoms with E-state index in [9.17, 15) is 4.79 Å². The van der Waals surface area contributed by atoms with Crippen LogP contribution in [0, 0.1) is 17.8 Å². The summed E-state index contributed by atoms with van der Waals surface area (Å²) in [6.45, 7) is 0. The molecule has 1 heterocycles. The van der Waals surface area contributed by atoms with Gasteiger partial charge in [0.05, 0.1) is 5.54 Å². The molecule has 0 spiro atoms. The molecule has 0 radical (unpaired) electrons. The highest BCUT2D eigenvalue weighted by Crippen LogP contribution is 2.59. The minimum atomic E-state index is -0.233. The van der Waals surface area contributed by atoms with Crippen LogP contribution in [0.1, 0.15) is 38.5 Å². The SMILES string of the molecule is Nc1c(N)n(C23CC4CC(CC(C4)C2)C3)[nH]c1=O. The highest BCUT2D eigenvalue weighted by molar-refractivity contribution is 5.57. The van der Waals surface area contributed by atoms with Gasteiger partial charge in [-0.2, -0.15) is 0 Å². The lowest BCUT2D eigenvalue weighted by atomic mass is 9.53. The average Bonchev–Trinajstić information content (AvgIpc) is 2.56. The number of hydrogen-bond acceptors (Lipinski definition) is 3. The Morgan fingerprint density at radius 2 is 1.56 bits per heavy atom. The number of H-pyrrole nitrogens is 1. The van der Waals surface area contributed by atoms with Crippen molar-refractivity contribution >= 4 is 11.5 Å². The van der Waals surface area contributed by atoms with E-state index in [0.717, 1.165) is 37.0 Å². The standard InChI is InChI=1S/C13H20N4O/c14-10-11(15)17(16-12(10)18)13-4-7-1-8(5-13)3-9(2-7)6-13/h7-9H,1-6,14-15H2,(H,16,18). The smallest absolute Gasteiger partial charge is 0.289 e. The third-order valence-corrected chi connectivity index (χ3v) is 5.46. The van der Waals surface area contributed by atoms with E-state index in [-0.39, 0.29) is 16.8 Å². The molecule has 4 fully saturated rings. The predicted octanol–water partition coefficient (Wildman–Crippen LogP) is 1.27. The summed E-state index contributed by atoms with van der Waals surface area (Å²) in [5.41, 5.74) is 11.8. The summed E-state index contributed by atoms with van der Waals surface area (Å²) in [4.78, 5) is 11.7. The number of nitrogens with zero attached hydrogens (tertiary/aromatic N) is 1. The highest BCUT2D eigenvalue weighted by atomic mass is 16.1. The van der Waals surface area contributed by atoms with Crippen LogP contribution < -0.4 is 17.0 Å². The largest absolute Gasteiger partial charge is 0.391 e. The molecule has 5 nitrogen and oxygen atoms in total. The fraction of sp³-hybridized carbons (Fsp3) is 0.769. The van der Waals surface area contributed by atoms with Crippen LogP contribution in [-0.4, -0.2) is 9.78 Å². The monoisotopic (exact) mass is 248 g/mol. The minimum absolute atomic E-state index is 0.0512. The molecule has 0 atom stereocenters. The van der Waals surface area contributed by atoms with Crippen LogP contribution in [0.15, 0.2) is 4.79 Å². The second-order valence-corrected chi connectivity index (χ2v) is 6.72. The summed E-state index contributed by atoms with van der Waals surface area (Å²) in [5, 5.41) is 2.88. The van der Waals surface area contributed by atoms with E-state index in [4.69, 9.17) is 11.5 Å². The summed E-state index contributed by atoms with van der Waals surface area (Å²) in [6, 6.07) is 0. The van der Waals surface area contributed by atoms with Crippen molar-refractivity contribution in [3.05, 3.63) is 10.4 Å². The zero-order valence-corrected chi connectivity index (χ0v) is 10.5. The number of rotatable bonds is 1. The van der Waals surface area contributed by atoms with E-state index in [0.29, 0.717) is 5.82 Å². The fourth-order valence-electron chi connectivity index (χ4n) is 5.17. The van der Waals surface area contributed by atoms with Crippen LogP contribution in [0.25, 0.3) is 0 Å². The van der Waals surface area contributed by atoms with Gasteiger partial charge in [-0.3, -0.25) is 14.6 Å². The topological polar surface area (TPSA) is 89.8 Å². The van der Waals surface area contributed by atoms with Gasteiger partial charge in [-0.1, -0.05) is 0 Å². The van der Waals surface area contributed by atoms with Gasteiger partial charge in [-0.15, -0.1) is 0 Å². The maximum absolute atomic E-state index is 11.7. The highest BCUT2D eigenvalue weighted by Gasteiger charge is 2.52. The molecule has 5 N–H and O–H groups in total. The quantitative estimate of drug-likeness (QED) is 0.699. The van der Waals surface area contributed by atoms with Crippen LogP contribution in [0.2, 0.25) is 0 Å². The molecule has 18 heavy (non-hydrogen) atoms. The third kappa shape index (κ3) is 1.19. The first-order valence-corrected chi connectivity index (χ1v) is 6.94. The number of nitrogens with two attached hydrogens (primary N) is 2. The Hall–Kier alpha value is -1.39. The molecule has 98 valence electrons. The van der Waals surface area contributed by atoms with Gasteiger partial charge in [-0.05, 0) is 56.3 Å². The summed E-state index contributed by atoms with van der Waals surface area (Å²) >= 11 is 0. The van der Waals surface area contributed by atoms with Crippen molar-refractivity contribution in [2.24, 2.45) is 17.8 Å². The number of anilines is 2. The molecule has 4 bridgehead atoms. The molecule has 4 aliphatic rings. The lowest BCUT2D eigenvalue weighted by Crippen LogP contribution is -2.52. The van der Waals surface area contributed by atoms with Gasteiger partial charge in [0.2, 0.25) is 0 Å². The van der Waals surface area contributed by atoms with Crippen molar-refractivity contribution in [3.8, 4) is 0 Å². The van der Waals surface area contributed by atoms with E-state index < -0.39 is 0 Å². The summed E-state index contributed by atoms with van der Waals surface area (Å²) in [5.74, 6) is 2.91. The molecule has 0 unspecified atom stereocenters. The summed E-state index contributed by atoms with van der Waals surface area (Å²) in [7, 11) is 0. The molecule has 4 aliphatic carbocycles. The fourth-order valence-corrected chi connectivity index (χ4v) is 5.17. The second kappa shape index (κ2) is 3.13. The molecule has 5 heteroatoms. The zero-order valence-electron chi connectivity index (χ0n) is 10.5. The van der Waals surface area contributed by atoms with Crippen LogP contribution in [0.5, 0.6) is 0 Å². The van der Waals surface area contributed by atoms with E-state index in [1.54, 1.807) is 0 Å². The van der Waals surface area contributed by atoms with Crippen molar-refractivity contribution in [2.75, 3.05) is 11.5 Å². The normalized spacial score (nSPS) is 41.4. The number of nitrogens with one attached hydrogen (secondary N) is 1. The van der Waals surface area contributed by atoms with Crippen molar-refractivity contribution in [3.63, 3.8) is 0 Å². The number of hydrogen-bond donors (Lipinski definition) is 3. The Kier molecular flexibility index (Phi) is 1.83. The predicted molar refractivity (Wildman–Crippen MR) is 70.0 cm³/mol. The minimum Gasteiger partial charge on any atom is -0.391 e. The molecule has 0 aliphatic heterocycles. The maximum atomic E-state index is 11.7. The van der Waals surface area contributed by atoms with Gasteiger partial charge >= 0.3 is 0 Å². The van der Waals surface area contributed by atoms with E-state index in [1.165, 1.54) is 19.3 Å².